The van der Waals surface area contributed by atoms with Crippen molar-refractivity contribution in [3.05, 3.63) is 73.0 Å². The van der Waals surface area contributed by atoms with Gasteiger partial charge in [-0.3, -0.25) is 14.8 Å². The highest BCUT2D eigenvalue weighted by molar-refractivity contribution is 6.00. The summed E-state index contributed by atoms with van der Waals surface area (Å²) < 4.78 is 18.4. The Bertz CT molecular complexity index is 1420. The van der Waals surface area contributed by atoms with E-state index in [0.717, 1.165) is 49.1 Å². The Balaban J connectivity index is 1.39. The number of anilines is 4. The Kier molecular flexibility index (Phi) is 6.76. The molecule has 0 bridgehead atoms. The summed E-state index contributed by atoms with van der Waals surface area (Å²) in [6, 6.07) is 13.2. The first-order chi connectivity index (χ1) is 17.5. The van der Waals surface area contributed by atoms with Gasteiger partial charge in [-0.05, 0) is 49.4 Å². The van der Waals surface area contributed by atoms with E-state index in [1.165, 1.54) is 6.92 Å². The van der Waals surface area contributed by atoms with Gasteiger partial charge in [0, 0.05) is 60.2 Å². The van der Waals surface area contributed by atoms with Crippen LogP contribution in [0.5, 0.6) is 0 Å². The number of amides is 1. The van der Waals surface area contributed by atoms with Gasteiger partial charge in [0.05, 0.1) is 18.9 Å². The molecule has 9 nitrogen and oxygen atoms in total. The van der Waals surface area contributed by atoms with Gasteiger partial charge >= 0.3 is 0 Å². The number of hydrogen-bond acceptors (Lipinski definition) is 8. The Morgan fingerprint density at radius 2 is 1.81 bits per heavy atom. The highest BCUT2D eigenvalue weighted by Gasteiger charge is 2.13. The van der Waals surface area contributed by atoms with Gasteiger partial charge in [-0.1, -0.05) is 0 Å². The molecular formula is C26H24FN7O2. The lowest BCUT2D eigenvalue weighted by Gasteiger charge is -2.28. The summed E-state index contributed by atoms with van der Waals surface area (Å²) in [7, 11) is 0. The standard InChI is InChI=1S/C26H24FN7O2/c1-17(27)14-23(35)31-20-7-9-28-22(15-20)25-24-18(6-8-29-25)16-30-26(33-24)32-19-2-4-21(5-3-19)34-10-12-36-13-11-34/h2-9,14-16H,10-13H2,1H3,(H,28,31,35)(H,30,32,33). The fourth-order valence-corrected chi connectivity index (χ4v) is 3.91. The minimum Gasteiger partial charge on any atom is -0.378 e. The third-order valence-corrected chi connectivity index (χ3v) is 5.60. The monoisotopic (exact) mass is 485 g/mol. The van der Waals surface area contributed by atoms with Gasteiger partial charge in [0.1, 0.15) is 17.0 Å². The molecule has 0 aliphatic carbocycles. The number of hydrogen-bond donors (Lipinski definition) is 2. The van der Waals surface area contributed by atoms with Crippen LogP contribution in [0, 0.1) is 0 Å². The van der Waals surface area contributed by atoms with Crippen molar-refractivity contribution in [2.24, 2.45) is 0 Å². The Morgan fingerprint density at radius 1 is 1.03 bits per heavy atom. The van der Waals surface area contributed by atoms with Crippen molar-refractivity contribution >= 4 is 39.8 Å². The smallest absolute Gasteiger partial charge is 0.250 e. The maximum Gasteiger partial charge on any atom is 0.250 e. The molecule has 3 aromatic heterocycles. The molecule has 4 aromatic rings. The molecule has 0 saturated carbocycles. The van der Waals surface area contributed by atoms with Crippen LogP contribution in [0.4, 0.5) is 27.4 Å². The van der Waals surface area contributed by atoms with Gasteiger partial charge in [-0.15, -0.1) is 0 Å². The zero-order valence-corrected chi connectivity index (χ0v) is 19.6. The summed E-state index contributed by atoms with van der Waals surface area (Å²) in [6.07, 6.45) is 5.81. The molecule has 182 valence electrons. The number of rotatable bonds is 6. The van der Waals surface area contributed by atoms with Crippen LogP contribution in [0.1, 0.15) is 6.92 Å². The lowest BCUT2D eigenvalue weighted by Crippen LogP contribution is -2.36. The van der Waals surface area contributed by atoms with Crippen molar-refractivity contribution in [1.29, 1.82) is 0 Å². The molecule has 1 saturated heterocycles. The predicted octanol–water partition coefficient (Wildman–Crippen LogP) is 4.48. The molecule has 4 heterocycles. The van der Waals surface area contributed by atoms with E-state index in [0.29, 0.717) is 28.5 Å². The van der Waals surface area contributed by atoms with Gasteiger partial charge in [-0.2, -0.15) is 0 Å². The lowest BCUT2D eigenvalue weighted by molar-refractivity contribution is -0.112. The molecule has 1 amide bonds. The first-order valence-electron chi connectivity index (χ1n) is 11.5. The predicted molar refractivity (Wildman–Crippen MR) is 137 cm³/mol. The van der Waals surface area contributed by atoms with Crippen LogP contribution in [-0.4, -0.2) is 52.1 Å². The number of aromatic nitrogens is 4. The number of ether oxygens (including phenoxy) is 1. The minimum absolute atomic E-state index is 0.420. The van der Waals surface area contributed by atoms with E-state index in [1.54, 1.807) is 30.7 Å². The van der Waals surface area contributed by atoms with Crippen molar-refractivity contribution in [3.8, 4) is 11.4 Å². The molecule has 2 N–H and O–H groups in total. The van der Waals surface area contributed by atoms with Crippen LogP contribution in [0.15, 0.2) is 73.0 Å². The fourth-order valence-electron chi connectivity index (χ4n) is 3.91. The largest absolute Gasteiger partial charge is 0.378 e. The molecule has 0 spiro atoms. The van der Waals surface area contributed by atoms with Crippen molar-refractivity contribution < 1.29 is 13.9 Å². The molecule has 0 atom stereocenters. The van der Waals surface area contributed by atoms with Crippen molar-refractivity contribution in [3.63, 3.8) is 0 Å². The molecule has 1 aliphatic rings. The number of morpholine rings is 1. The number of nitrogens with zero attached hydrogens (tertiary/aromatic N) is 5. The van der Waals surface area contributed by atoms with Gasteiger partial charge in [0.25, 0.3) is 5.91 Å². The number of fused-ring (bicyclic) bond motifs is 1. The average Bonchev–Trinajstić information content (AvgIpc) is 2.89. The molecular weight excluding hydrogens is 461 g/mol. The molecule has 10 heteroatoms. The van der Waals surface area contributed by atoms with Crippen LogP contribution in [-0.2, 0) is 9.53 Å². The van der Waals surface area contributed by atoms with E-state index in [4.69, 9.17) is 9.72 Å². The summed E-state index contributed by atoms with van der Waals surface area (Å²) >= 11 is 0. The number of benzene rings is 1. The van der Waals surface area contributed by atoms with Crippen LogP contribution < -0.4 is 15.5 Å². The summed E-state index contributed by atoms with van der Waals surface area (Å²) in [6.45, 7) is 4.43. The molecule has 0 radical (unpaired) electrons. The SMILES string of the molecule is CC(F)=CC(=O)Nc1ccnc(-c2nccc3cnc(Nc4ccc(N5CCOCC5)cc4)nc23)c1. The van der Waals surface area contributed by atoms with Gasteiger partial charge in [0.2, 0.25) is 5.95 Å². The van der Waals surface area contributed by atoms with Crippen molar-refractivity contribution in [1.82, 2.24) is 19.9 Å². The Hall–Kier alpha value is -4.44. The van der Waals surface area contributed by atoms with E-state index in [9.17, 15) is 9.18 Å². The topological polar surface area (TPSA) is 105 Å². The van der Waals surface area contributed by atoms with E-state index in [2.05, 4.69) is 42.6 Å². The third kappa shape index (κ3) is 5.44. The Morgan fingerprint density at radius 3 is 2.58 bits per heavy atom. The molecule has 0 unspecified atom stereocenters. The molecule has 1 fully saturated rings. The van der Waals surface area contributed by atoms with Crippen LogP contribution in [0.25, 0.3) is 22.3 Å². The maximum atomic E-state index is 13.0. The maximum absolute atomic E-state index is 13.0. The fraction of sp³-hybridized carbons (Fsp3) is 0.192. The van der Waals surface area contributed by atoms with E-state index >= 15 is 0 Å². The van der Waals surface area contributed by atoms with Crippen molar-refractivity contribution in [2.45, 2.75) is 6.92 Å². The van der Waals surface area contributed by atoms with Gasteiger partial charge in [0.15, 0.2) is 0 Å². The highest BCUT2D eigenvalue weighted by atomic mass is 19.1. The first-order valence-corrected chi connectivity index (χ1v) is 11.5. The molecule has 5 rings (SSSR count). The molecule has 36 heavy (non-hydrogen) atoms. The normalized spacial score (nSPS) is 14.1. The number of pyridine rings is 2. The van der Waals surface area contributed by atoms with Gasteiger partial charge in [-0.25, -0.2) is 14.4 Å². The lowest BCUT2D eigenvalue weighted by atomic mass is 10.1. The summed E-state index contributed by atoms with van der Waals surface area (Å²) in [5.74, 6) is -0.722. The second-order valence-electron chi connectivity index (χ2n) is 8.21. The van der Waals surface area contributed by atoms with Crippen LogP contribution in [0.3, 0.4) is 0 Å². The summed E-state index contributed by atoms with van der Waals surface area (Å²) in [4.78, 5) is 32.2. The average molecular weight is 486 g/mol. The second kappa shape index (κ2) is 10.4. The van der Waals surface area contributed by atoms with E-state index in [1.807, 2.05) is 18.2 Å². The zero-order chi connectivity index (χ0) is 24.9. The molecule has 1 aromatic carbocycles. The van der Waals surface area contributed by atoms with Crippen molar-refractivity contribution in [2.75, 3.05) is 41.8 Å². The van der Waals surface area contributed by atoms with Gasteiger partial charge < -0.3 is 20.3 Å². The number of carbonyl (C=O) groups is 1. The van der Waals surface area contributed by atoms with E-state index < -0.39 is 11.7 Å². The number of halogens is 1. The first kappa shape index (κ1) is 23.3. The quantitative estimate of drug-likeness (QED) is 0.385. The third-order valence-electron chi connectivity index (χ3n) is 5.60. The summed E-state index contributed by atoms with van der Waals surface area (Å²) in [5.41, 5.74) is 4.12. The number of carbonyl (C=O) groups excluding carboxylic acids is 1. The minimum atomic E-state index is -0.579. The number of allylic oxidation sites excluding steroid dienone is 1. The highest BCUT2D eigenvalue weighted by Crippen LogP contribution is 2.27. The number of nitrogens with one attached hydrogen (secondary N) is 2. The van der Waals surface area contributed by atoms with Crippen LogP contribution in [0.2, 0.25) is 0 Å². The zero-order valence-electron chi connectivity index (χ0n) is 19.6. The Labute approximate surface area is 207 Å². The second-order valence-corrected chi connectivity index (χ2v) is 8.21. The van der Waals surface area contributed by atoms with Crippen LogP contribution >= 0.6 is 0 Å². The van der Waals surface area contributed by atoms with E-state index in [-0.39, 0.29) is 0 Å². The summed E-state index contributed by atoms with van der Waals surface area (Å²) in [5, 5.41) is 6.67. The molecule has 1 aliphatic heterocycles.